The average molecular weight is 303 g/mol. The Hall–Kier alpha value is -2.15. The topological polar surface area (TPSA) is 87.0 Å². The number of likely N-dealkylation sites (tertiary alicyclic amines) is 1. The summed E-state index contributed by atoms with van der Waals surface area (Å²) in [6.45, 7) is 5.56. The number of hydrogen-bond donors (Lipinski definition) is 2. The smallest absolute Gasteiger partial charge is 0.243 e. The van der Waals surface area contributed by atoms with Crippen LogP contribution in [0.25, 0.3) is 0 Å². The number of carbonyl (C=O) groups is 1. The molecule has 1 atom stereocenters. The van der Waals surface area contributed by atoms with Crippen molar-refractivity contribution in [3.05, 3.63) is 29.7 Å². The minimum atomic E-state index is -0.185. The van der Waals surface area contributed by atoms with E-state index in [1.165, 1.54) is 5.56 Å². The third-order valence-electron chi connectivity index (χ3n) is 4.32. The fourth-order valence-electron chi connectivity index (χ4n) is 2.92. The van der Waals surface area contributed by atoms with Crippen LogP contribution in [0.15, 0.2) is 23.0 Å². The average Bonchev–Trinajstić information content (AvgIpc) is 3.18. The van der Waals surface area contributed by atoms with Crippen LogP contribution in [-0.2, 0) is 4.79 Å². The molecule has 1 aliphatic heterocycles. The van der Waals surface area contributed by atoms with Crippen LogP contribution in [0.2, 0.25) is 0 Å². The Balaban J connectivity index is 1.53. The number of hydrogen-bond acceptors (Lipinski definition) is 5. The number of nitrogens with zero attached hydrogens (tertiary/aromatic N) is 3. The van der Waals surface area contributed by atoms with E-state index in [0.29, 0.717) is 11.8 Å². The SMILES string of the molecule is Cc1cc(NC(=O)C(C)N2CCC(c3cn[nH]c3)CC2)on1. The molecule has 0 spiro atoms. The minimum absolute atomic E-state index is 0.0575. The normalized spacial score (nSPS) is 18.3. The Morgan fingerprint density at radius 1 is 1.50 bits per heavy atom. The summed E-state index contributed by atoms with van der Waals surface area (Å²) in [6.07, 6.45) is 5.93. The maximum Gasteiger partial charge on any atom is 0.243 e. The van der Waals surface area contributed by atoms with Gasteiger partial charge in [0.1, 0.15) is 0 Å². The van der Waals surface area contributed by atoms with Crippen LogP contribution in [0, 0.1) is 6.92 Å². The fraction of sp³-hybridized carbons (Fsp3) is 0.533. The van der Waals surface area contributed by atoms with Gasteiger partial charge in [-0.3, -0.25) is 20.1 Å². The van der Waals surface area contributed by atoms with Crippen LogP contribution in [0.1, 0.15) is 36.9 Å². The number of anilines is 1. The van der Waals surface area contributed by atoms with Crippen molar-refractivity contribution in [3.8, 4) is 0 Å². The second-order valence-electron chi connectivity index (χ2n) is 5.84. The molecule has 1 unspecified atom stereocenters. The van der Waals surface area contributed by atoms with E-state index in [-0.39, 0.29) is 11.9 Å². The Bertz CT molecular complexity index is 614. The minimum Gasteiger partial charge on any atom is -0.338 e. The number of H-pyrrole nitrogens is 1. The molecule has 3 heterocycles. The molecule has 0 aromatic carbocycles. The van der Waals surface area contributed by atoms with Crippen molar-refractivity contribution in [2.75, 3.05) is 18.4 Å². The van der Waals surface area contributed by atoms with Crippen molar-refractivity contribution < 1.29 is 9.32 Å². The van der Waals surface area contributed by atoms with Gasteiger partial charge in [-0.25, -0.2) is 0 Å². The predicted molar refractivity (Wildman–Crippen MR) is 81.5 cm³/mol. The molecule has 0 saturated carbocycles. The van der Waals surface area contributed by atoms with Crippen LogP contribution in [-0.4, -0.2) is 45.3 Å². The molecule has 2 N–H and O–H groups in total. The largest absolute Gasteiger partial charge is 0.338 e. The Labute approximate surface area is 129 Å². The molecule has 2 aromatic rings. The first-order chi connectivity index (χ1) is 10.6. The van der Waals surface area contributed by atoms with Gasteiger partial charge in [-0.1, -0.05) is 5.16 Å². The van der Waals surface area contributed by atoms with E-state index in [1.54, 1.807) is 6.07 Å². The summed E-state index contributed by atoms with van der Waals surface area (Å²) < 4.78 is 5.03. The number of rotatable bonds is 4. The third-order valence-corrected chi connectivity index (χ3v) is 4.32. The fourth-order valence-corrected chi connectivity index (χ4v) is 2.92. The molecule has 1 aliphatic rings. The highest BCUT2D eigenvalue weighted by atomic mass is 16.5. The number of piperidine rings is 1. The third kappa shape index (κ3) is 3.19. The van der Waals surface area contributed by atoms with Gasteiger partial charge in [0.15, 0.2) is 0 Å². The van der Waals surface area contributed by atoms with E-state index in [2.05, 4.69) is 25.6 Å². The maximum atomic E-state index is 12.3. The van der Waals surface area contributed by atoms with Crippen LogP contribution in [0.4, 0.5) is 5.88 Å². The zero-order valence-electron chi connectivity index (χ0n) is 12.9. The van der Waals surface area contributed by atoms with Gasteiger partial charge in [-0.15, -0.1) is 0 Å². The highest BCUT2D eigenvalue weighted by molar-refractivity contribution is 5.93. The van der Waals surface area contributed by atoms with Gasteiger partial charge in [-0.2, -0.15) is 5.10 Å². The van der Waals surface area contributed by atoms with E-state index in [4.69, 9.17) is 4.52 Å². The van der Waals surface area contributed by atoms with Crippen molar-refractivity contribution >= 4 is 11.8 Å². The van der Waals surface area contributed by atoms with Crippen LogP contribution < -0.4 is 5.32 Å². The molecule has 7 heteroatoms. The number of carbonyl (C=O) groups excluding carboxylic acids is 1. The lowest BCUT2D eigenvalue weighted by Crippen LogP contribution is -2.45. The first-order valence-electron chi connectivity index (χ1n) is 7.60. The first-order valence-corrected chi connectivity index (χ1v) is 7.60. The van der Waals surface area contributed by atoms with Crippen molar-refractivity contribution in [1.29, 1.82) is 0 Å². The molecule has 1 amide bonds. The van der Waals surface area contributed by atoms with Gasteiger partial charge in [-0.05, 0) is 51.3 Å². The Kier molecular flexibility index (Phi) is 4.24. The van der Waals surface area contributed by atoms with E-state index in [1.807, 2.05) is 26.2 Å². The molecule has 2 aromatic heterocycles. The molecule has 1 fully saturated rings. The molecule has 0 bridgehead atoms. The summed E-state index contributed by atoms with van der Waals surface area (Å²) in [7, 11) is 0. The van der Waals surface area contributed by atoms with Crippen molar-refractivity contribution in [1.82, 2.24) is 20.3 Å². The van der Waals surface area contributed by atoms with E-state index in [9.17, 15) is 4.79 Å². The van der Waals surface area contributed by atoms with Crippen LogP contribution >= 0.6 is 0 Å². The number of aryl methyl sites for hydroxylation is 1. The Morgan fingerprint density at radius 3 is 2.86 bits per heavy atom. The molecule has 0 aliphatic carbocycles. The first kappa shape index (κ1) is 14.8. The lowest BCUT2D eigenvalue weighted by molar-refractivity contribution is -0.121. The van der Waals surface area contributed by atoms with Crippen LogP contribution in [0.5, 0.6) is 0 Å². The summed E-state index contributed by atoms with van der Waals surface area (Å²) in [5, 5.41) is 13.4. The zero-order chi connectivity index (χ0) is 15.5. The lowest BCUT2D eigenvalue weighted by atomic mass is 9.91. The van der Waals surface area contributed by atoms with Gasteiger partial charge in [0.25, 0.3) is 0 Å². The highest BCUT2D eigenvalue weighted by Crippen LogP contribution is 2.28. The molecule has 22 heavy (non-hydrogen) atoms. The zero-order valence-corrected chi connectivity index (χ0v) is 12.9. The molecular formula is C15H21N5O2. The monoisotopic (exact) mass is 303 g/mol. The molecule has 0 radical (unpaired) electrons. The van der Waals surface area contributed by atoms with E-state index >= 15 is 0 Å². The summed E-state index contributed by atoms with van der Waals surface area (Å²) in [5.41, 5.74) is 2.01. The second kappa shape index (κ2) is 6.31. The van der Waals surface area contributed by atoms with Gasteiger partial charge in [0.2, 0.25) is 11.8 Å². The maximum absolute atomic E-state index is 12.3. The van der Waals surface area contributed by atoms with Gasteiger partial charge in [0, 0.05) is 12.3 Å². The summed E-state index contributed by atoms with van der Waals surface area (Å²) in [5.74, 6) is 0.878. The molecule has 118 valence electrons. The summed E-state index contributed by atoms with van der Waals surface area (Å²) in [4.78, 5) is 14.5. The summed E-state index contributed by atoms with van der Waals surface area (Å²) in [6, 6.07) is 1.53. The van der Waals surface area contributed by atoms with Crippen molar-refractivity contribution in [2.45, 2.75) is 38.6 Å². The van der Waals surface area contributed by atoms with E-state index < -0.39 is 0 Å². The molecular weight excluding hydrogens is 282 g/mol. The van der Waals surface area contributed by atoms with Crippen LogP contribution in [0.3, 0.4) is 0 Å². The highest BCUT2D eigenvalue weighted by Gasteiger charge is 2.28. The quantitative estimate of drug-likeness (QED) is 0.901. The lowest BCUT2D eigenvalue weighted by Gasteiger charge is -2.34. The van der Waals surface area contributed by atoms with Gasteiger partial charge in [0.05, 0.1) is 17.9 Å². The van der Waals surface area contributed by atoms with Crippen molar-refractivity contribution in [3.63, 3.8) is 0 Å². The second-order valence-corrected chi connectivity index (χ2v) is 5.84. The molecule has 3 rings (SSSR count). The van der Waals surface area contributed by atoms with Crippen molar-refractivity contribution in [2.24, 2.45) is 0 Å². The van der Waals surface area contributed by atoms with Gasteiger partial charge >= 0.3 is 0 Å². The molecule has 1 saturated heterocycles. The summed E-state index contributed by atoms with van der Waals surface area (Å²) >= 11 is 0. The van der Waals surface area contributed by atoms with Gasteiger partial charge < -0.3 is 4.52 Å². The number of nitrogens with one attached hydrogen (secondary N) is 2. The molecule has 7 nitrogen and oxygen atoms in total. The Morgan fingerprint density at radius 2 is 2.27 bits per heavy atom. The number of amides is 1. The number of aromatic nitrogens is 3. The number of aromatic amines is 1. The van der Waals surface area contributed by atoms with E-state index in [0.717, 1.165) is 31.6 Å². The predicted octanol–water partition coefficient (Wildman–Crippen LogP) is 1.91. The standard InChI is InChI=1S/C15H21N5O2/c1-10-7-14(22-19-10)18-15(21)11(2)20-5-3-12(4-6-20)13-8-16-17-9-13/h7-9,11-12H,3-6H2,1-2H3,(H,16,17)(H,18,21).